The van der Waals surface area contributed by atoms with Crippen LogP contribution in [0.25, 0.3) is 0 Å². The molecule has 0 radical (unpaired) electrons. The van der Waals surface area contributed by atoms with E-state index in [-0.39, 0.29) is 11.5 Å². The summed E-state index contributed by atoms with van der Waals surface area (Å²) in [6.07, 6.45) is -0.563. The van der Waals surface area contributed by atoms with Crippen LogP contribution in [0.15, 0.2) is 29.2 Å². The molecule has 1 amide bonds. The van der Waals surface area contributed by atoms with Crippen molar-refractivity contribution in [3.63, 3.8) is 0 Å². The number of ether oxygens (including phenoxy) is 1. The molecule has 1 aromatic rings. The first-order valence-corrected chi connectivity index (χ1v) is 7.93. The van der Waals surface area contributed by atoms with E-state index in [1.165, 1.54) is 28.6 Å². The number of benzene rings is 1. The van der Waals surface area contributed by atoms with Gasteiger partial charge in [-0.05, 0) is 31.2 Å². The minimum absolute atomic E-state index is 0.204. The molecule has 0 unspecified atom stereocenters. The highest BCUT2D eigenvalue weighted by molar-refractivity contribution is 7.89. The van der Waals surface area contributed by atoms with E-state index < -0.39 is 16.1 Å². The molecule has 1 aromatic carbocycles. The van der Waals surface area contributed by atoms with Crippen LogP contribution in [-0.2, 0) is 14.8 Å². The van der Waals surface area contributed by atoms with Crippen LogP contribution in [-0.4, -0.2) is 38.5 Å². The highest BCUT2D eigenvalue weighted by Crippen LogP contribution is 2.18. The molecule has 7 heteroatoms. The minimum atomic E-state index is -3.47. The molecule has 0 heterocycles. The lowest BCUT2D eigenvalue weighted by atomic mass is 10.3. The van der Waals surface area contributed by atoms with Gasteiger partial charge in [0.2, 0.25) is 10.0 Å². The fourth-order valence-electron chi connectivity index (χ4n) is 1.71. The Balaban J connectivity index is 2.88. The van der Waals surface area contributed by atoms with Gasteiger partial charge in [-0.25, -0.2) is 13.2 Å². The van der Waals surface area contributed by atoms with Crippen molar-refractivity contribution in [1.82, 2.24) is 4.31 Å². The van der Waals surface area contributed by atoms with Gasteiger partial charge in [0.25, 0.3) is 0 Å². The van der Waals surface area contributed by atoms with E-state index in [9.17, 15) is 13.2 Å². The summed E-state index contributed by atoms with van der Waals surface area (Å²) in [5.74, 6) is 0. The van der Waals surface area contributed by atoms with Crippen LogP contribution in [0, 0.1) is 0 Å². The van der Waals surface area contributed by atoms with Crippen molar-refractivity contribution in [2.45, 2.75) is 25.7 Å². The molecule has 0 aliphatic rings. The first-order chi connectivity index (χ1) is 9.45. The first kappa shape index (κ1) is 16.5. The number of nitrogens with one attached hydrogen (secondary N) is 1. The van der Waals surface area contributed by atoms with Gasteiger partial charge in [-0.15, -0.1) is 0 Å². The summed E-state index contributed by atoms with van der Waals surface area (Å²) in [6, 6.07) is 6.00. The van der Waals surface area contributed by atoms with Crippen LogP contribution in [0.5, 0.6) is 0 Å². The van der Waals surface area contributed by atoms with Gasteiger partial charge < -0.3 is 4.74 Å². The Bertz CT molecular complexity index is 536. The number of hydrogen-bond acceptors (Lipinski definition) is 4. The summed E-state index contributed by atoms with van der Waals surface area (Å²) in [4.78, 5) is 11.4. The zero-order valence-corrected chi connectivity index (χ0v) is 12.7. The number of carbonyl (C=O) groups is 1. The summed E-state index contributed by atoms with van der Waals surface area (Å²) in [5, 5.41) is 2.51. The normalized spacial score (nSPS) is 11.4. The fraction of sp³-hybridized carbons (Fsp3) is 0.462. The Morgan fingerprint density at radius 3 is 2.15 bits per heavy atom. The van der Waals surface area contributed by atoms with Crippen molar-refractivity contribution in [3.8, 4) is 0 Å². The van der Waals surface area contributed by atoms with E-state index in [0.29, 0.717) is 18.8 Å². The van der Waals surface area contributed by atoms with Crippen molar-refractivity contribution < 1.29 is 17.9 Å². The molecule has 0 aliphatic heterocycles. The van der Waals surface area contributed by atoms with Crippen molar-refractivity contribution in [2.24, 2.45) is 0 Å². The number of sulfonamides is 1. The van der Waals surface area contributed by atoms with Gasteiger partial charge in [0.1, 0.15) is 0 Å². The first-order valence-electron chi connectivity index (χ1n) is 6.49. The molecule has 20 heavy (non-hydrogen) atoms. The summed E-state index contributed by atoms with van der Waals surface area (Å²) in [5.41, 5.74) is 0.488. The quantitative estimate of drug-likeness (QED) is 0.874. The number of hydrogen-bond donors (Lipinski definition) is 1. The van der Waals surface area contributed by atoms with Gasteiger partial charge in [-0.2, -0.15) is 4.31 Å². The van der Waals surface area contributed by atoms with E-state index in [1.54, 1.807) is 20.8 Å². The molecular weight excluding hydrogens is 280 g/mol. The highest BCUT2D eigenvalue weighted by atomic mass is 32.2. The Morgan fingerprint density at radius 1 is 1.15 bits per heavy atom. The van der Waals surface area contributed by atoms with Crippen LogP contribution in [0.1, 0.15) is 20.8 Å². The Morgan fingerprint density at radius 2 is 1.70 bits per heavy atom. The standard InChI is InChI=1S/C13H20N2O4S/c1-4-15(5-2)20(17,18)12-9-7-11(8-10-12)14-13(16)19-6-3/h7-10H,4-6H2,1-3H3,(H,14,16). The van der Waals surface area contributed by atoms with Crippen molar-refractivity contribution >= 4 is 21.8 Å². The fourth-order valence-corrected chi connectivity index (χ4v) is 3.17. The van der Waals surface area contributed by atoms with Crippen LogP contribution >= 0.6 is 0 Å². The largest absolute Gasteiger partial charge is 0.450 e. The van der Waals surface area contributed by atoms with Gasteiger partial charge in [-0.1, -0.05) is 13.8 Å². The number of rotatable bonds is 6. The van der Waals surface area contributed by atoms with Crippen LogP contribution in [0.2, 0.25) is 0 Å². The molecule has 1 N–H and O–H groups in total. The highest BCUT2D eigenvalue weighted by Gasteiger charge is 2.21. The Kier molecular flexibility index (Phi) is 5.97. The Hall–Kier alpha value is -1.60. The number of anilines is 1. The number of carbonyl (C=O) groups excluding carboxylic acids is 1. The van der Waals surface area contributed by atoms with E-state index in [1.807, 2.05) is 0 Å². The molecule has 0 aliphatic carbocycles. The third-order valence-electron chi connectivity index (χ3n) is 2.72. The molecule has 0 aromatic heterocycles. The van der Waals surface area contributed by atoms with E-state index in [0.717, 1.165) is 0 Å². The molecule has 0 atom stereocenters. The second-order valence-corrected chi connectivity index (χ2v) is 5.90. The minimum Gasteiger partial charge on any atom is -0.450 e. The zero-order valence-electron chi connectivity index (χ0n) is 11.9. The summed E-state index contributed by atoms with van der Waals surface area (Å²) >= 11 is 0. The molecule has 1 rings (SSSR count). The second-order valence-electron chi connectivity index (χ2n) is 3.96. The number of amides is 1. The van der Waals surface area contributed by atoms with Crippen LogP contribution in [0.3, 0.4) is 0 Å². The van der Waals surface area contributed by atoms with Crippen molar-refractivity contribution in [3.05, 3.63) is 24.3 Å². The SMILES string of the molecule is CCOC(=O)Nc1ccc(S(=O)(=O)N(CC)CC)cc1. The van der Waals surface area contributed by atoms with Crippen LogP contribution < -0.4 is 5.32 Å². The zero-order chi connectivity index (χ0) is 15.2. The summed E-state index contributed by atoms with van der Waals surface area (Å²) in [7, 11) is -3.47. The van der Waals surface area contributed by atoms with Gasteiger partial charge in [0.15, 0.2) is 0 Å². The maximum absolute atomic E-state index is 12.2. The smallest absolute Gasteiger partial charge is 0.411 e. The topological polar surface area (TPSA) is 75.7 Å². The van der Waals surface area contributed by atoms with Gasteiger partial charge in [0, 0.05) is 18.8 Å². The van der Waals surface area contributed by atoms with Crippen molar-refractivity contribution in [2.75, 3.05) is 25.0 Å². The maximum Gasteiger partial charge on any atom is 0.411 e. The van der Waals surface area contributed by atoms with Gasteiger partial charge >= 0.3 is 6.09 Å². The average molecular weight is 300 g/mol. The molecule has 6 nitrogen and oxygen atoms in total. The third kappa shape index (κ3) is 3.94. The van der Waals surface area contributed by atoms with Gasteiger partial charge in [0.05, 0.1) is 11.5 Å². The second kappa shape index (κ2) is 7.25. The molecule has 112 valence electrons. The molecule has 0 saturated heterocycles. The monoisotopic (exact) mass is 300 g/mol. The maximum atomic E-state index is 12.2. The molecular formula is C13H20N2O4S. The van der Waals surface area contributed by atoms with Crippen molar-refractivity contribution in [1.29, 1.82) is 0 Å². The van der Waals surface area contributed by atoms with E-state index in [4.69, 9.17) is 4.74 Å². The lowest BCUT2D eigenvalue weighted by Crippen LogP contribution is -2.30. The van der Waals surface area contributed by atoms with Crippen LogP contribution in [0.4, 0.5) is 10.5 Å². The van der Waals surface area contributed by atoms with E-state index in [2.05, 4.69) is 5.32 Å². The Labute approximate surface area is 119 Å². The predicted octanol–water partition coefficient (Wildman–Crippen LogP) is 2.29. The summed E-state index contributed by atoms with van der Waals surface area (Å²) in [6.45, 7) is 6.40. The number of nitrogens with zero attached hydrogens (tertiary/aromatic N) is 1. The predicted molar refractivity (Wildman–Crippen MR) is 77.2 cm³/mol. The average Bonchev–Trinajstić information content (AvgIpc) is 2.40. The summed E-state index contributed by atoms with van der Waals surface area (Å²) < 4.78 is 30.6. The van der Waals surface area contributed by atoms with Gasteiger partial charge in [-0.3, -0.25) is 5.32 Å². The van der Waals surface area contributed by atoms with E-state index >= 15 is 0 Å². The molecule has 0 bridgehead atoms. The molecule has 0 saturated carbocycles. The molecule has 0 fully saturated rings. The lowest BCUT2D eigenvalue weighted by molar-refractivity contribution is 0.168. The molecule has 0 spiro atoms. The third-order valence-corrected chi connectivity index (χ3v) is 4.78. The lowest BCUT2D eigenvalue weighted by Gasteiger charge is -2.18.